The number of fused-ring (bicyclic) bond motifs is 1. The van der Waals surface area contributed by atoms with Crippen molar-refractivity contribution >= 4 is 72.4 Å². The summed E-state index contributed by atoms with van der Waals surface area (Å²) in [6.45, 7) is 4.00. The molecule has 2 aromatic carbocycles. The second-order valence-corrected chi connectivity index (χ2v) is 8.62. The molecule has 0 bridgehead atoms. The molecule has 0 spiro atoms. The lowest BCUT2D eigenvalue weighted by molar-refractivity contribution is -0.116. The van der Waals surface area contributed by atoms with Crippen molar-refractivity contribution in [3.8, 4) is 0 Å². The van der Waals surface area contributed by atoms with Crippen LogP contribution in [-0.4, -0.2) is 21.1 Å². The maximum Gasteiger partial charge on any atom is 0.238 e. The number of nitrogens with one attached hydrogen (secondary N) is 2. The molecule has 0 saturated heterocycles. The van der Waals surface area contributed by atoms with Gasteiger partial charge in [0.15, 0.2) is 0 Å². The van der Waals surface area contributed by atoms with E-state index in [0.29, 0.717) is 11.5 Å². The molecule has 0 saturated carbocycles. The first-order valence-electron chi connectivity index (χ1n) is 8.36. The van der Waals surface area contributed by atoms with Crippen LogP contribution in [-0.2, 0) is 4.79 Å². The predicted molar refractivity (Wildman–Crippen MR) is 121 cm³/mol. The first-order chi connectivity index (χ1) is 13.0. The Kier molecular flexibility index (Phi) is 6.62. The Balaban J connectivity index is 1.91. The first-order valence-corrected chi connectivity index (χ1v) is 11.1. The number of anilines is 3. The van der Waals surface area contributed by atoms with E-state index in [2.05, 4.69) is 48.2 Å². The van der Waals surface area contributed by atoms with Crippen molar-refractivity contribution in [2.24, 2.45) is 5.92 Å². The Morgan fingerprint density at radius 1 is 1.15 bits per heavy atom. The Hall–Kier alpha value is -1.77. The molecule has 0 radical (unpaired) electrons. The number of halogens is 1. The average Bonchev–Trinajstić information content (AvgIpc) is 2.62. The summed E-state index contributed by atoms with van der Waals surface area (Å²) >= 11 is 7.69. The molecule has 1 unspecified atom stereocenters. The van der Waals surface area contributed by atoms with Crippen molar-refractivity contribution in [3.63, 3.8) is 0 Å². The molecule has 1 aromatic heterocycles. The minimum Gasteiger partial charge on any atom is -0.340 e. The quantitative estimate of drug-likeness (QED) is 0.324. The molecular weight excluding hydrogens is 444 g/mol. The molecule has 8 heteroatoms. The SMILES string of the molecule is CC(C)C(SS)C(=O)Nc1ccc2ncnc(Nc3cccc(Br)c3)c2c1. The fourth-order valence-electron chi connectivity index (χ4n) is 2.62. The van der Waals surface area contributed by atoms with Gasteiger partial charge in [-0.2, -0.15) is 0 Å². The highest BCUT2D eigenvalue weighted by molar-refractivity contribution is 9.10. The van der Waals surface area contributed by atoms with E-state index in [-0.39, 0.29) is 17.1 Å². The van der Waals surface area contributed by atoms with Crippen LogP contribution in [0.1, 0.15) is 13.8 Å². The molecule has 3 rings (SSSR count). The Morgan fingerprint density at radius 3 is 2.67 bits per heavy atom. The van der Waals surface area contributed by atoms with Crippen LogP contribution in [0.2, 0.25) is 0 Å². The van der Waals surface area contributed by atoms with E-state index in [1.807, 2.05) is 56.3 Å². The second kappa shape index (κ2) is 8.95. The number of aromatic nitrogens is 2. The largest absolute Gasteiger partial charge is 0.340 e. The number of hydrogen-bond acceptors (Lipinski definition) is 6. The molecule has 0 aliphatic carbocycles. The van der Waals surface area contributed by atoms with Crippen LogP contribution >= 0.6 is 38.4 Å². The van der Waals surface area contributed by atoms with Gasteiger partial charge in [0.2, 0.25) is 5.91 Å². The van der Waals surface area contributed by atoms with Crippen molar-refractivity contribution in [1.82, 2.24) is 9.97 Å². The maximum atomic E-state index is 12.5. The van der Waals surface area contributed by atoms with Crippen LogP contribution in [0, 0.1) is 5.92 Å². The van der Waals surface area contributed by atoms with Crippen molar-refractivity contribution in [1.29, 1.82) is 0 Å². The predicted octanol–water partition coefficient (Wildman–Crippen LogP) is 5.68. The summed E-state index contributed by atoms with van der Waals surface area (Å²) in [5, 5.41) is 6.88. The molecule has 1 amide bonds. The van der Waals surface area contributed by atoms with Crippen LogP contribution < -0.4 is 10.6 Å². The Bertz CT molecular complexity index is 967. The van der Waals surface area contributed by atoms with Gasteiger partial charge in [0.05, 0.1) is 10.8 Å². The zero-order valence-corrected chi connectivity index (χ0v) is 18.1. The third-order valence-corrected chi connectivity index (χ3v) is 6.13. The number of hydrogen-bond donors (Lipinski definition) is 3. The smallest absolute Gasteiger partial charge is 0.238 e. The third-order valence-electron chi connectivity index (χ3n) is 3.97. The number of nitrogens with zero attached hydrogens (tertiary/aromatic N) is 2. The minimum absolute atomic E-state index is 0.0669. The summed E-state index contributed by atoms with van der Waals surface area (Å²) in [6.07, 6.45) is 1.52. The summed E-state index contributed by atoms with van der Waals surface area (Å²) in [6, 6.07) is 13.4. The molecule has 1 atom stereocenters. The zero-order chi connectivity index (χ0) is 19.4. The van der Waals surface area contributed by atoms with Crippen molar-refractivity contribution in [3.05, 3.63) is 53.3 Å². The molecule has 1 heterocycles. The Morgan fingerprint density at radius 2 is 1.96 bits per heavy atom. The summed E-state index contributed by atoms with van der Waals surface area (Å²) < 4.78 is 0.975. The van der Waals surface area contributed by atoms with Crippen molar-refractivity contribution in [2.45, 2.75) is 19.1 Å². The average molecular weight is 463 g/mol. The molecule has 140 valence electrons. The zero-order valence-electron chi connectivity index (χ0n) is 14.8. The second-order valence-electron chi connectivity index (χ2n) is 6.35. The number of benzene rings is 2. The van der Waals surface area contributed by atoms with Gasteiger partial charge < -0.3 is 10.6 Å². The molecule has 5 nitrogen and oxygen atoms in total. The van der Waals surface area contributed by atoms with Crippen LogP contribution in [0.25, 0.3) is 10.9 Å². The number of carbonyl (C=O) groups is 1. The molecular formula is C19H19BrN4OS2. The van der Waals surface area contributed by atoms with Gasteiger partial charge in [-0.05, 0) is 42.3 Å². The van der Waals surface area contributed by atoms with Gasteiger partial charge in [-0.25, -0.2) is 9.97 Å². The van der Waals surface area contributed by atoms with Gasteiger partial charge in [-0.3, -0.25) is 4.79 Å². The van der Waals surface area contributed by atoms with E-state index in [1.54, 1.807) is 0 Å². The lowest BCUT2D eigenvalue weighted by Crippen LogP contribution is -2.28. The maximum absolute atomic E-state index is 12.5. The van der Waals surface area contributed by atoms with E-state index < -0.39 is 0 Å². The van der Waals surface area contributed by atoms with Gasteiger partial charge in [-0.15, -0.1) is 11.7 Å². The van der Waals surface area contributed by atoms with Gasteiger partial charge in [-0.1, -0.05) is 46.6 Å². The van der Waals surface area contributed by atoms with E-state index in [1.165, 1.54) is 17.1 Å². The molecule has 2 N–H and O–H groups in total. The summed E-state index contributed by atoms with van der Waals surface area (Å²) in [4.78, 5) is 21.2. The molecule has 27 heavy (non-hydrogen) atoms. The fraction of sp³-hybridized carbons (Fsp3) is 0.211. The van der Waals surface area contributed by atoms with Gasteiger partial charge in [0.25, 0.3) is 0 Å². The van der Waals surface area contributed by atoms with Crippen LogP contribution in [0.4, 0.5) is 17.2 Å². The fourth-order valence-corrected chi connectivity index (χ4v) is 4.44. The number of amides is 1. The monoisotopic (exact) mass is 462 g/mol. The van der Waals surface area contributed by atoms with Crippen LogP contribution in [0.15, 0.2) is 53.3 Å². The molecule has 3 aromatic rings. The topological polar surface area (TPSA) is 66.9 Å². The van der Waals surface area contributed by atoms with Crippen LogP contribution in [0.3, 0.4) is 0 Å². The van der Waals surface area contributed by atoms with E-state index in [9.17, 15) is 4.79 Å². The number of carbonyl (C=O) groups excluding carboxylic acids is 1. The number of rotatable bonds is 6. The highest BCUT2D eigenvalue weighted by Crippen LogP contribution is 2.28. The Labute approximate surface area is 175 Å². The summed E-state index contributed by atoms with van der Waals surface area (Å²) in [5.74, 6) is 0.797. The normalized spacial score (nSPS) is 12.2. The van der Waals surface area contributed by atoms with E-state index in [0.717, 1.165) is 21.1 Å². The molecule has 0 aliphatic rings. The lowest BCUT2D eigenvalue weighted by Gasteiger charge is -2.17. The van der Waals surface area contributed by atoms with Crippen molar-refractivity contribution in [2.75, 3.05) is 10.6 Å². The van der Waals surface area contributed by atoms with Gasteiger partial charge in [0, 0.05) is 21.2 Å². The van der Waals surface area contributed by atoms with Crippen molar-refractivity contribution < 1.29 is 4.79 Å². The minimum atomic E-state index is -0.227. The highest BCUT2D eigenvalue weighted by Gasteiger charge is 2.21. The highest BCUT2D eigenvalue weighted by atomic mass is 79.9. The number of thiol groups is 1. The van der Waals surface area contributed by atoms with E-state index in [4.69, 9.17) is 0 Å². The molecule has 0 fully saturated rings. The van der Waals surface area contributed by atoms with E-state index >= 15 is 0 Å². The lowest BCUT2D eigenvalue weighted by atomic mass is 10.1. The third kappa shape index (κ3) is 4.94. The summed E-state index contributed by atoms with van der Waals surface area (Å²) in [5.41, 5.74) is 2.40. The van der Waals surface area contributed by atoms with Crippen LogP contribution in [0.5, 0.6) is 0 Å². The standard InChI is InChI=1S/C19H19BrN4OS2/c1-11(2)17(27-26)19(25)24-14-6-7-16-15(9-14)18(22-10-21-16)23-13-5-3-4-12(20)8-13/h3-11,17,26H,1-2H3,(H,24,25)(H,21,22,23). The van der Waals surface area contributed by atoms with Gasteiger partial charge in [0.1, 0.15) is 12.1 Å². The van der Waals surface area contributed by atoms with Gasteiger partial charge >= 0.3 is 0 Å². The first kappa shape index (κ1) is 20.0. The summed E-state index contributed by atoms with van der Waals surface area (Å²) in [7, 11) is 1.26. The molecule has 0 aliphatic heterocycles.